The first kappa shape index (κ1) is 22.7. The van der Waals surface area contributed by atoms with Crippen LogP contribution in [-0.4, -0.2) is 26.7 Å². The summed E-state index contributed by atoms with van der Waals surface area (Å²) in [5, 5.41) is 2.94. The molecule has 3 heterocycles. The molecule has 1 N–H and O–H groups in total. The lowest BCUT2D eigenvalue weighted by atomic mass is 10.0. The summed E-state index contributed by atoms with van der Waals surface area (Å²) in [7, 11) is 1.83. The van der Waals surface area contributed by atoms with Crippen molar-refractivity contribution >= 4 is 56.9 Å². The number of fused-ring (bicyclic) bond motifs is 1. The van der Waals surface area contributed by atoms with Crippen LogP contribution in [-0.2, 0) is 11.3 Å². The number of anilines is 3. The number of rotatable bonds is 5. The molecule has 2 atom stereocenters. The van der Waals surface area contributed by atoms with E-state index in [1.165, 1.54) is 28.4 Å². The number of halogens is 1. The molecular weight excluding hydrogens is 495 g/mol. The predicted molar refractivity (Wildman–Crippen MR) is 134 cm³/mol. The van der Waals surface area contributed by atoms with Gasteiger partial charge in [0, 0.05) is 28.6 Å². The smallest absolute Gasteiger partial charge is 0.262 e. The van der Waals surface area contributed by atoms with E-state index in [1.807, 2.05) is 36.4 Å². The maximum absolute atomic E-state index is 14.1. The van der Waals surface area contributed by atoms with Gasteiger partial charge in [-0.1, -0.05) is 12.1 Å². The number of aromatic nitrogens is 1. The van der Waals surface area contributed by atoms with Gasteiger partial charge in [-0.25, -0.2) is 9.37 Å². The van der Waals surface area contributed by atoms with Crippen LogP contribution in [0.1, 0.15) is 26.4 Å². The predicted octanol–water partition coefficient (Wildman–Crippen LogP) is 5.32. The highest BCUT2D eigenvalue weighted by Crippen LogP contribution is 2.45. The molecule has 1 amide bonds. The minimum atomic E-state index is -2.59. The molecule has 0 aliphatic carbocycles. The molecule has 0 spiro atoms. The number of carbonyl (C=O) groups excluding carboxylic acids is 1. The average molecular weight is 514 g/mol. The van der Waals surface area contributed by atoms with Gasteiger partial charge in [-0.2, -0.15) is 0 Å². The first-order chi connectivity index (χ1) is 16.3. The molecule has 0 bridgehead atoms. The van der Waals surface area contributed by atoms with Crippen molar-refractivity contribution in [3.8, 4) is 10.6 Å². The van der Waals surface area contributed by atoms with Gasteiger partial charge in [-0.15, -0.1) is 22.7 Å². The summed E-state index contributed by atoms with van der Waals surface area (Å²) in [5.41, 5.74) is 2.26. The van der Waals surface area contributed by atoms with E-state index in [-0.39, 0.29) is 11.3 Å². The largest absolute Gasteiger partial charge is 0.755 e. The summed E-state index contributed by atoms with van der Waals surface area (Å²) in [4.78, 5) is 23.5. The van der Waals surface area contributed by atoms with Crippen molar-refractivity contribution in [1.82, 2.24) is 4.98 Å². The van der Waals surface area contributed by atoms with Crippen LogP contribution >= 0.6 is 22.7 Å². The summed E-state index contributed by atoms with van der Waals surface area (Å²) in [5.74, 6) is -0.953. The van der Waals surface area contributed by atoms with Gasteiger partial charge in [-0.05, 0) is 49.4 Å². The van der Waals surface area contributed by atoms with E-state index in [9.17, 15) is 17.9 Å². The molecule has 4 aromatic rings. The zero-order chi connectivity index (χ0) is 24.0. The number of amides is 1. The standard InChI is InChI=1S/C23H19FN4O3S3/c1-13-25-17(12-32-13)20-9-10-21(33-20)22-27(2)18-8-7-14(24)11-15(18)23(29)28(22)19-6-4-3-5-16(19)26-34(30)31/h3-12,22,26H,1-2H3,(H,30,31)/p-1. The number of benzene rings is 2. The second-order valence-corrected chi connectivity index (χ2v) is 10.5. The normalized spacial score (nSPS) is 16.5. The zero-order valence-electron chi connectivity index (χ0n) is 18.0. The maximum atomic E-state index is 14.1. The third kappa shape index (κ3) is 4.00. The van der Waals surface area contributed by atoms with Crippen LogP contribution in [0.25, 0.3) is 10.6 Å². The summed E-state index contributed by atoms with van der Waals surface area (Å²) in [6.07, 6.45) is -0.591. The SMILES string of the molecule is Cc1nc(-c2ccc(C3N(C)c4ccc(F)cc4C(=O)N3c3ccccc3NS(=O)[O-])s2)cs1. The molecule has 11 heteroatoms. The van der Waals surface area contributed by atoms with Gasteiger partial charge >= 0.3 is 0 Å². The van der Waals surface area contributed by atoms with Crippen molar-refractivity contribution in [2.45, 2.75) is 13.1 Å². The van der Waals surface area contributed by atoms with Crippen LogP contribution in [0.3, 0.4) is 0 Å². The number of hydrogen-bond donors (Lipinski definition) is 1. The molecule has 2 aromatic heterocycles. The van der Waals surface area contributed by atoms with E-state index in [0.29, 0.717) is 11.4 Å². The first-order valence-corrected chi connectivity index (χ1v) is 12.9. The van der Waals surface area contributed by atoms with Crippen LogP contribution in [0.2, 0.25) is 0 Å². The molecular formula is C23H18FN4O3S3-. The second-order valence-electron chi connectivity index (χ2n) is 7.63. The minimum Gasteiger partial charge on any atom is -0.755 e. The molecule has 174 valence electrons. The van der Waals surface area contributed by atoms with Gasteiger partial charge < -0.3 is 14.2 Å². The van der Waals surface area contributed by atoms with Crippen LogP contribution < -0.4 is 14.5 Å². The van der Waals surface area contributed by atoms with E-state index in [0.717, 1.165) is 20.5 Å². The summed E-state index contributed by atoms with van der Waals surface area (Å²) < 4.78 is 39.3. The summed E-state index contributed by atoms with van der Waals surface area (Å²) in [6.45, 7) is 1.94. The van der Waals surface area contributed by atoms with E-state index < -0.39 is 29.2 Å². The van der Waals surface area contributed by atoms with Crippen molar-refractivity contribution < 1.29 is 17.9 Å². The Bertz CT molecular complexity index is 1420. The van der Waals surface area contributed by atoms with Crippen molar-refractivity contribution in [1.29, 1.82) is 0 Å². The zero-order valence-corrected chi connectivity index (χ0v) is 20.5. The lowest BCUT2D eigenvalue weighted by Gasteiger charge is -2.44. The molecule has 1 aliphatic rings. The van der Waals surface area contributed by atoms with E-state index in [1.54, 1.807) is 41.7 Å². The van der Waals surface area contributed by atoms with Crippen LogP contribution in [0.5, 0.6) is 0 Å². The number of nitrogens with zero attached hydrogens (tertiary/aromatic N) is 3. The Morgan fingerprint density at radius 2 is 1.94 bits per heavy atom. The van der Waals surface area contributed by atoms with Crippen LogP contribution in [0, 0.1) is 12.7 Å². The maximum Gasteiger partial charge on any atom is 0.262 e. The molecule has 7 nitrogen and oxygen atoms in total. The number of hydrogen-bond acceptors (Lipinski definition) is 7. The first-order valence-electron chi connectivity index (χ1n) is 10.2. The molecule has 0 radical (unpaired) electrons. The fourth-order valence-electron chi connectivity index (χ4n) is 4.06. The topological polar surface area (TPSA) is 88.6 Å². The third-order valence-corrected chi connectivity index (χ3v) is 7.82. The van der Waals surface area contributed by atoms with Gasteiger partial charge in [0.1, 0.15) is 12.0 Å². The van der Waals surface area contributed by atoms with Gasteiger partial charge in [0.15, 0.2) is 0 Å². The van der Waals surface area contributed by atoms with E-state index >= 15 is 0 Å². The van der Waals surface area contributed by atoms with Crippen molar-refractivity contribution in [3.63, 3.8) is 0 Å². The monoisotopic (exact) mass is 513 g/mol. The quantitative estimate of drug-likeness (QED) is 0.365. The minimum absolute atomic E-state index is 0.198. The molecule has 0 saturated carbocycles. The Morgan fingerprint density at radius 3 is 2.68 bits per heavy atom. The Kier molecular flexibility index (Phi) is 5.94. The summed E-state index contributed by atoms with van der Waals surface area (Å²) in [6, 6.07) is 14.6. The van der Waals surface area contributed by atoms with Gasteiger partial charge in [-0.3, -0.25) is 13.9 Å². The van der Waals surface area contributed by atoms with E-state index in [4.69, 9.17) is 0 Å². The van der Waals surface area contributed by atoms with Crippen molar-refractivity contribution in [2.24, 2.45) is 0 Å². The number of para-hydroxylation sites is 2. The van der Waals surface area contributed by atoms with E-state index in [2.05, 4.69) is 9.71 Å². The van der Waals surface area contributed by atoms with Crippen molar-refractivity contribution in [2.75, 3.05) is 21.6 Å². The molecule has 5 rings (SSSR count). The number of aryl methyl sites for hydroxylation is 1. The second kappa shape index (κ2) is 8.91. The average Bonchev–Trinajstić information content (AvgIpc) is 3.45. The lowest BCUT2D eigenvalue weighted by Crippen LogP contribution is -2.48. The Labute approximate surface area is 205 Å². The van der Waals surface area contributed by atoms with Crippen molar-refractivity contribution in [3.05, 3.63) is 81.2 Å². The fourth-order valence-corrected chi connectivity index (χ4v) is 6.20. The number of thiophene rings is 1. The van der Waals surface area contributed by atoms with Crippen LogP contribution in [0.15, 0.2) is 60.0 Å². The molecule has 0 saturated heterocycles. The van der Waals surface area contributed by atoms with Gasteiger partial charge in [0.05, 0.1) is 38.2 Å². The van der Waals surface area contributed by atoms with Gasteiger partial charge in [0.25, 0.3) is 5.91 Å². The van der Waals surface area contributed by atoms with Crippen LogP contribution in [0.4, 0.5) is 21.5 Å². The highest BCUT2D eigenvalue weighted by Gasteiger charge is 2.40. The molecule has 2 unspecified atom stereocenters. The molecule has 1 aliphatic heterocycles. The number of nitrogens with one attached hydrogen (secondary N) is 1. The Balaban J connectivity index is 1.68. The highest BCUT2D eigenvalue weighted by molar-refractivity contribution is 7.80. The summed E-state index contributed by atoms with van der Waals surface area (Å²) >= 11 is 0.470. The molecule has 34 heavy (non-hydrogen) atoms. The number of carbonyl (C=O) groups is 1. The lowest BCUT2D eigenvalue weighted by molar-refractivity contribution is 0.0969. The Morgan fingerprint density at radius 1 is 1.15 bits per heavy atom. The Hall–Kier alpha value is -3.12. The highest BCUT2D eigenvalue weighted by atomic mass is 32.2. The number of thiazole rings is 1. The molecule has 0 fully saturated rings. The fraction of sp³-hybridized carbons (Fsp3) is 0.130. The third-order valence-electron chi connectivity index (χ3n) is 5.51. The van der Waals surface area contributed by atoms with Gasteiger partial charge in [0.2, 0.25) is 0 Å². The molecule has 2 aromatic carbocycles.